The summed E-state index contributed by atoms with van der Waals surface area (Å²) in [5, 5.41) is 6.80. The van der Waals surface area contributed by atoms with Gasteiger partial charge in [-0.2, -0.15) is 0 Å². The van der Waals surface area contributed by atoms with Crippen molar-refractivity contribution in [3.8, 4) is 5.75 Å². The number of nitrogens with one attached hydrogen (secondary N) is 2. The highest BCUT2D eigenvalue weighted by atomic mass is 35.5. The fourth-order valence-electron chi connectivity index (χ4n) is 3.40. The Balaban J connectivity index is 1.48. The van der Waals surface area contributed by atoms with E-state index in [1.807, 2.05) is 36.4 Å². The molecular weight excluding hydrogens is 517 g/mol. The molecule has 0 aliphatic heterocycles. The van der Waals surface area contributed by atoms with Gasteiger partial charge in [0.15, 0.2) is 5.11 Å². The molecule has 0 spiro atoms. The van der Waals surface area contributed by atoms with Crippen LogP contribution in [0.3, 0.4) is 0 Å². The average Bonchev–Trinajstić information content (AvgIpc) is 2.87. The molecule has 0 saturated carbocycles. The van der Waals surface area contributed by atoms with Crippen molar-refractivity contribution in [3.05, 3.63) is 94.0 Å². The van der Waals surface area contributed by atoms with Crippen molar-refractivity contribution in [2.45, 2.75) is 19.3 Å². The number of anilines is 1. The van der Waals surface area contributed by atoms with Crippen LogP contribution in [0.1, 0.15) is 28.8 Å². The molecule has 188 valence electrons. The zero-order valence-corrected chi connectivity index (χ0v) is 22.1. The zero-order valence-electron chi connectivity index (χ0n) is 19.8. The van der Waals surface area contributed by atoms with Gasteiger partial charge in [-0.3, -0.25) is 9.59 Å². The molecular formula is C27H27Cl2N3O3S. The Morgan fingerprint density at radius 3 is 2.47 bits per heavy atom. The van der Waals surface area contributed by atoms with E-state index in [2.05, 4.69) is 10.6 Å². The van der Waals surface area contributed by atoms with Crippen LogP contribution in [0.4, 0.5) is 5.69 Å². The number of rotatable bonds is 10. The standard InChI is InChI=1S/C27H27Cl2N3O3S/c1-32(27(36)31-25(33)12-7-17-35-24-14-13-20(28)18-22(24)29)23-11-6-5-10-21(23)26(34)30-16-15-19-8-3-2-4-9-19/h2-6,8-11,13-14,18H,7,12,15-17H2,1H3,(H,30,34)(H,31,33,36). The van der Waals surface area contributed by atoms with Crippen LogP contribution in [0.2, 0.25) is 10.0 Å². The molecule has 0 aromatic heterocycles. The molecule has 3 aromatic rings. The Bertz CT molecular complexity index is 1210. The van der Waals surface area contributed by atoms with Crippen molar-refractivity contribution in [3.63, 3.8) is 0 Å². The number of ether oxygens (including phenoxy) is 1. The van der Waals surface area contributed by atoms with Gasteiger partial charge in [0, 0.05) is 25.0 Å². The van der Waals surface area contributed by atoms with Crippen molar-refractivity contribution in [1.82, 2.24) is 10.6 Å². The van der Waals surface area contributed by atoms with Crippen LogP contribution in [-0.2, 0) is 11.2 Å². The summed E-state index contributed by atoms with van der Waals surface area (Å²) in [5.74, 6) is 0.0540. The predicted octanol–water partition coefficient (Wildman–Crippen LogP) is 5.66. The minimum atomic E-state index is -0.248. The highest BCUT2D eigenvalue weighted by Crippen LogP contribution is 2.27. The molecule has 0 saturated heterocycles. The summed E-state index contributed by atoms with van der Waals surface area (Å²) in [5.41, 5.74) is 2.22. The maximum atomic E-state index is 12.8. The number of benzene rings is 3. The summed E-state index contributed by atoms with van der Waals surface area (Å²) in [4.78, 5) is 26.9. The molecule has 2 N–H and O–H groups in total. The third-order valence-electron chi connectivity index (χ3n) is 5.30. The largest absolute Gasteiger partial charge is 0.492 e. The van der Waals surface area contributed by atoms with E-state index >= 15 is 0 Å². The molecule has 0 unspecified atom stereocenters. The summed E-state index contributed by atoms with van der Waals surface area (Å²) < 4.78 is 5.61. The lowest BCUT2D eigenvalue weighted by Crippen LogP contribution is -2.41. The van der Waals surface area contributed by atoms with Gasteiger partial charge in [0.05, 0.1) is 22.9 Å². The molecule has 3 aromatic carbocycles. The number of amides is 2. The molecule has 3 rings (SSSR count). The first-order chi connectivity index (χ1) is 17.3. The first kappa shape index (κ1) is 27.5. The fourth-order valence-corrected chi connectivity index (χ4v) is 4.08. The van der Waals surface area contributed by atoms with Gasteiger partial charge in [-0.15, -0.1) is 0 Å². The van der Waals surface area contributed by atoms with Crippen molar-refractivity contribution in [2.75, 3.05) is 25.1 Å². The number of para-hydroxylation sites is 1. The molecule has 0 radical (unpaired) electrons. The van der Waals surface area contributed by atoms with E-state index < -0.39 is 0 Å². The number of hydrogen-bond donors (Lipinski definition) is 2. The number of halogens is 2. The quantitative estimate of drug-likeness (QED) is 0.255. The molecule has 36 heavy (non-hydrogen) atoms. The number of nitrogens with zero attached hydrogens (tertiary/aromatic N) is 1. The van der Waals surface area contributed by atoms with Gasteiger partial charge >= 0.3 is 0 Å². The number of thiocarbonyl (C=S) groups is 1. The van der Waals surface area contributed by atoms with Crippen molar-refractivity contribution in [1.29, 1.82) is 0 Å². The van der Waals surface area contributed by atoms with E-state index in [1.165, 1.54) is 0 Å². The average molecular weight is 545 g/mol. The van der Waals surface area contributed by atoms with Crippen molar-refractivity contribution in [2.24, 2.45) is 0 Å². The van der Waals surface area contributed by atoms with E-state index in [9.17, 15) is 9.59 Å². The van der Waals surface area contributed by atoms with E-state index in [0.717, 1.165) is 12.0 Å². The Morgan fingerprint density at radius 1 is 1.00 bits per heavy atom. The van der Waals surface area contributed by atoms with Crippen LogP contribution in [0.25, 0.3) is 0 Å². The van der Waals surface area contributed by atoms with Crippen LogP contribution < -0.4 is 20.3 Å². The maximum Gasteiger partial charge on any atom is 0.253 e. The zero-order chi connectivity index (χ0) is 25.9. The van der Waals surface area contributed by atoms with E-state index in [4.69, 9.17) is 40.2 Å². The molecule has 0 heterocycles. The molecule has 0 aliphatic carbocycles. The number of hydrogen-bond acceptors (Lipinski definition) is 4. The highest BCUT2D eigenvalue weighted by Gasteiger charge is 2.17. The second kappa shape index (κ2) is 13.8. The van der Waals surface area contributed by atoms with E-state index in [0.29, 0.717) is 46.6 Å². The predicted molar refractivity (Wildman–Crippen MR) is 149 cm³/mol. The third kappa shape index (κ3) is 8.22. The summed E-state index contributed by atoms with van der Waals surface area (Å²) in [6.07, 6.45) is 1.41. The van der Waals surface area contributed by atoms with Gasteiger partial charge in [-0.05, 0) is 61.0 Å². The Kier molecular flexibility index (Phi) is 10.5. The van der Waals surface area contributed by atoms with Crippen LogP contribution in [0, 0.1) is 0 Å². The minimum absolute atomic E-state index is 0.200. The van der Waals surface area contributed by atoms with Gasteiger partial charge in [0.1, 0.15) is 5.75 Å². The Morgan fingerprint density at radius 2 is 1.72 bits per heavy atom. The number of carbonyl (C=O) groups excluding carboxylic acids is 2. The van der Waals surface area contributed by atoms with Crippen molar-refractivity contribution < 1.29 is 14.3 Å². The van der Waals surface area contributed by atoms with E-state index in [-0.39, 0.29) is 23.3 Å². The third-order valence-corrected chi connectivity index (χ3v) is 6.21. The number of carbonyl (C=O) groups is 2. The topological polar surface area (TPSA) is 70.7 Å². The minimum Gasteiger partial charge on any atom is -0.492 e. The second-order valence-electron chi connectivity index (χ2n) is 7.95. The van der Waals surface area contributed by atoms with E-state index in [1.54, 1.807) is 48.3 Å². The lowest BCUT2D eigenvalue weighted by molar-refractivity contribution is -0.119. The summed E-state index contributed by atoms with van der Waals surface area (Å²) >= 11 is 17.4. The van der Waals surface area contributed by atoms with Crippen LogP contribution in [-0.4, -0.2) is 37.1 Å². The van der Waals surface area contributed by atoms with Gasteiger partial charge in [-0.1, -0.05) is 65.7 Å². The van der Waals surface area contributed by atoms with Gasteiger partial charge in [-0.25, -0.2) is 0 Å². The monoisotopic (exact) mass is 543 g/mol. The lowest BCUT2D eigenvalue weighted by Gasteiger charge is -2.23. The molecule has 6 nitrogen and oxygen atoms in total. The van der Waals surface area contributed by atoms with Gasteiger partial charge in [0.2, 0.25) is 5.91 Å². The molecule has 0 fully saturated rings. The SMILES string of the molecule is CN(C(=S)NC(=O)CCCOc1ccc(Cl)cc1Cl)c1ccccc1C(=O)NCCc1ccccc1. The normalized spacial score (nSPS) is 10.4. The summed E-state index contributed by atoms with van der Waals surface area (Å²) in [6.45, 7) is 0.814. The Hall–Kier alpha value is -3.13. The van der Waals surface area contributed by atoms with Gasteiger partial charge in [0.25, 0.3) is 5.91 Å². The molecule has 2 amide bonds. The summed E-state index contributed by atoms with van der Waals surface area (Å²) in [6, 6.07) is 22.0. The van der Waals surface area contributed by atoms with Crippen LogP contribution in [0.15, 0.2) is 72.8 Å². The second-order valence-corrected chi connectivity index (χ2v) is 9.18. The molecule has 9 heteroatoms. The molecule has 0 atom stereocenters. The first-order valence-electron chi connectivity index (χ1n) is 11.4. The maximum absolute atomic E-state index is 12.8. The fraction of sp³-hybridized carbons (Fsp3) is 0.222. The molecule has 0 bridgehead atoms. The van der Waals surface area contributed by atoms with Crippen LogP contribution >= 0.6 is 35.4 Å². The van der Waals surface area contributed by atoms with Crippen molar-refractivity contribution >= 4 is 58.0 Å². The lowest BCUT2D eigenvalue weighted by atomic mass is 10.1. The Labute approximate surface area is 226 Å². The first-order valence-corrected chi connectivity index (χ1v) is 12.6. The molecule has 0 aliphatic rings. The summed E-state index contributed by atoms with van der Waals surface area (Å²) in [7, 11) is 1.71. The smallest absolute Gasteiger partial charge is 0.253 e. The highest BCUT2D eigenvalue weighted by molar-refractivity contribution is 7.80. The van der Waals surface area contributed by atoms with Gasteiger partial charge < -0.3 is 20.3 Å². The van der Waals surface area contributed by atoms with Crippen LogP contribution in [0.5, 0.6) is 5.75 Å².